The van der Waals surface area contributed by atoms with Gasteiger partial charge >= 0.3 is 0 Å². The van der Waals surface area contributed by atoms with Crippen LogP contribution in [0.4, 0.5) is 5.13 Å². The fourth-order valence-electron chi connectivity index (χ4n) is 2.60. The van der Waals surface area contributed by atoms with E-state index in [2.05, 4.69) is 10.3 Å². The molecule has 0 bridgehead atoms. The van der Waals surface area contributed by atoms with Gasteiger partial charge in [-0.1, -0.05) is 23.7 Å². The first-order chi connectivity index (χ1) is 12.7. The number of benzene rings is 2. The average Bonchev–Trinajstić information content (AvgIpc) is 3.10. The highest BCUT2D eigenvalue weighted by Crippen LogP contribution is 2.31. The van der Waals surface area contributed by atoms with E-state index in [4.69, 9.17) is 21.1 Å². The van der Waals surface area contributed by atoms with Gasteiger partial charge in [0, 0.05) is 28.1 Å². The number of rotatable bonds is 4. The summed E-state index contributed by atoms with van der Waals surface area (Å²) >= 11 is 7.36. The molecule has 0 atom stereocenters. The number of anilines is 1. The number of halogens is 1. The van der Waals surface area contributed by atoms with E-state index in [1.54, 1.807) is 24.4 Å². The molecule has 0 aliphatic carbocycles. The van der Waals surface area contributed by atoms with Crippen molar-refractivity contribution in [1.82, 2.24) is 4.98 Å². The zero-order valence-corrected chi connectivity index (χ0v) is 15.3. The zero-order valence-electron chi connectivity index (χ0n) is 13.7. The molecule has 0 saturated heterocycles. The standard InChI is InChI=1S/C19H15ClN2O3S/c20-14-4-1-12(2-5-14)9-15-11-21-19(26-15)22-18(23)13-3-6-16-17(10-13)25-8-7-24-16/h1-6,10-11H,7-9H2,(H,21,22,23). The molecule has 1 N–H and O–H groups in total. The number of hydrogen-bond donors (Lipinski definition) is 1. The molecule has 0 unspecified atom stereocenters. The van der Waals surface area contributed by atoms with Gasteiger partial charge in [-0.15, -0.1) is 11.3 Å². The Labute approximate surface area is 159 Å². The van der Waals surface area contributed by atoms with Crippen molar-refractivity contribution in [2.45, 2.75) is 6.42 Å². The van der Waals surface area contributed by atoms with Crippen molar-refractivity contribution in [3.63, 3.8) is 0 Å². The minimum Gasteiger partial charge on any atom is -0.486 e. The lowest BCUT2D eigenvalue weighted by Crippen LogP contribution is -2.17. The van der Waals surface area contributed by atoms with Crippen molar-refractivity contribution < 1.29 is 14.3 Å². The van der Waals surface area contributed by atoms with Gasteiger partial charge in [0.2, 0.25) is 0 Å². The number of nitrogens with zero attached hydrogens (tertiary/aromatic N) is 1. The van der Waals surface area contributed by atoms with E-state index in [0.717, 1.165) is 16.9 Å². The van der Waals surface area contributed by atoms with Crippen LogP contribution in [0.3, 0.4) is 0 Å². The zero-order chi connectivity index (χ0) is 17.9. The third-order valence-electron chi connectivity index (χ3n) is 3.87. The second-order valence-corrected chi connectivity index (χ2v) is 7.30. The van der Waals surface area contributed by atoms with E-state index in [9.17, 15) is 4.79 Å². The summed E-state index contributed by atoms with van der Waals surface area (Å²) in [5.74, 6) is 1.02. The molecule has 5 nitrogen and oxygen atoms in total. The second kappa shape index (κ2) is 7.35. The molecule has 0 radical (unpaired) electrons. The molecule has 2 heterocycles. The van der Waals surface area contributed by atoms with Gasteiger partial charge < -0.3 is 9.47 Å². The first-order valence-electron chi connectivity index (χ1n) is 8.07. The summed E-state index contributed by atoms with van der Waals surface area (Å²) in [4.78, 5) is 17.8. The molecule has 1 amide bonds. The van der Waals surface area contributed by atoms with Crippen LogP contribution < -0.4 is 14.8 Å². The number of nitrogens with one attached hydrogen (secondary N) is 1. The number of hydrogen-bond acceptors (Lipinski definition) is 5. The fourth-order valence-corrected chi connectivity index (χ4v) is 3.57. The van der Waals surface area contributed by atoms with Crippen LogP contribution in [0, 0.1) is 0 Å². The molecular weight excluding hydrogens is 372 g/mol. The maximum Gasteiger partial charge on any atom is 0.257 e. The molecule has 0 saturated carbocycles. The van der Waals surface area contributed by atoms with Crippen molar-refractivity contribution >= 4 is 34.0 Å². The molecule has 0 fully saturated rings. The Morgan fingerprint density at radius 2 is 1.88 bits per heavy atom. The maximum atomic E-state index is 12.4. The molecule has 4 rings (SSSR count). The Balaban J connectivity index is 1.43. The molecule has 1 aliphatic rings. The largest absolute Gasteiger partial charge is 0.486 e. The summed E-state index contributed by atoms with van der Waals surface area (Å²) in [5.41, 5.74) is 1.64. The summed E-state index contributed by atoms with van der Waals surface area (Å²) in [7, 11) is 0. The van der Waals surface area contributed by atoms with Crippen LogP contribution in [-0.2, 0) is 6.42 Å². The highest BCUT2D eigenvalue weighted by molar-refractivity contribution is 7.15. The summed E-state index contributed by atoms with van der Waals surface area (Å²) in [5, 5.41) is 4.11. The summed E-state index contributed by atoms with van der Waals surface area (Å²) < 4.78 is 11.0. The first-order valence-corrected chi connectivity index (χ1v) is 9.27. The average molecular weight is 387 g/mol. The quantitative estimate of drug-likeness (QED) is 0.721. The van der Waals surface area contributed by atoms with Crippen LogP contribution in [-0.4, -0.2) is 24.1 Å². The Morgan fingerprint density at radius 1 is 1.12 bits per heavy atom. The van der Waals surface area contributed by atoms with Gasteiger partial charge in [-0.3, -0.25) is 10.1 Å². The molecule has 3 aromatic rings. The SMILES string of the molecule is O=C(Nc1ncc(Cc2ccc(Cl)cc2)s1)c1ccc2c(c1)OCCO2. The number of fused-ring (bicyclic) bond motifs is 1. The smallest absolute Gasteiger partial charge is 0.257 e. The highest BCUT2D eigenvalue weighted by Gasteiger charge is 2.16. The van der Waals surface area contributed by atoms with Gasteiger partial charge in [0.05, 0.1) is 0 Å². The molecule has 132 valence electrons. The van der Waals surface area contributed by atoms with E-state index in [0.29, 0.717) is 40.4 Å². The fraction of sp³-hybridized carbons (Fsp3) is 0.158. The van der Waals surface area contributed by atoms with E-state index in [-0.39, 0.29) is 5.91 Å². The summed E-state index contributed by atoms with van der Waals surface area (Å²) in [6.45, 7) is 1.01. The van der Waals surface area contributed by atoms with Gasteiger partial charge in [0.1, 0.15) is 13.2 Å². The Morgan fingerprint density at radius 3 is 2.69 bits per heavy atom. The van der Waals surface area contributed by atoms with Crippen molar-refractivity contribution in [3.8, 4) is 11.5 Å². The van der Waals surface area contributed by atoms with Crippen molar-refractivity contribution in [1.29, 1.82) is 0 Å². The van der Waals surface area contributed by atoms with Crippen LogP contribution in [0.2, 0.25) is 5.02 Å². The third-order valence-corrected chi connectivity index (χ3v) is 5.03. The van der Waals surface area contributed by atoms with E-state index >= 15 is 0 Å². The van der Waals surface area contributed by atoms with Crippen LogP contribution in [0.15, 0.2) is 48.7 Å². The number of ether oxygens (including phenoxy) is 2. The van der Waals surface area contributed by atoms with Crippen molar-refractivity contribution in [2.75, 3.05) is 18.5 Å². The van der Waals surface area contributed by atoms with Crippen LogP contribution in [0.25, 0.3) is 0 Å². The summed E-state index contributed by atoms with van der Waals surface area (Å²) in [6, 6.07) is 12.8. The van der Waals surface area contributed by atoms with Gasteiger partial charge in [-0.2, -0.15) is 0 Å². The van der Waals surface area contributed by atoms with Crippen LogP contribution >= 0.6 is 22.9 Å². The number of aromatic nitrogens is 1. The number of amides is 1. The number of carbonyl (C=O) groups excluding carboxylic acids is 1. The third kappa shape index (κ3) is 3.81. The summed E-state index contributed by atoms with van der Waals surface area (Å²) in [6.07, 6.45) is 2.52. The minimum atomic E-state index is -0.227. The molecule has 7 heteroatoms. The van der Waals surface area contributed by atoms with Crippen molar-refractivity contribution in [3.05, 3.63) is 69.7 Å². The number of thiazole rings is 1. The molecule has 1 aromatic heterocycles. The minimum absolute atomic E-state index is 0.227. The molecular formula is C19H15ClN2O3S. The second-order valence-electron chi connectivity index (χ2n) is 5.75. The van der Waals surface area contributed by atoms with E-state index in [1.807, 2.05) is 24.3 Å². The van der Waals surface area contributed by atoms with E-state index in [1.165, 1.54) is 11.3 Å². The molecule has 1 aliphatic heterocycles. The monoisotopic (exact) mass is 386 g/mol. The van der Waals surface area contributed by atoms with Gasteiger partial charge in [0.25, 0.3) is 5.91 Å². The molecule has 0 spiro atoms. The lowest BCUT2D eigenvalue weighted by Gasteiger charge is -2.18. The number of carbonyl (C=O) groups is 1. The van der Waals surface area contributed by atoms with Gasteiger partial charge in [-0.05, 0) is 35.9 Å². The van der Waals surface area contributed by atoms with Gasteiger partial charge in [-0.25, -0.2) is 4.98 Å². The van der Waals surface area contributed by atoms with Crippen LogP contribution in [0.1, 0.15) is 20.8 Å². The predicted octanol–water partition coefficient (Wildman–Crippen LogP) is 4.41. The molecule has 26 heavy (non-hydrogen) atoms. The predicted molar refractivity (Wildman–Crippen MR) is 102 cm³/mol. The maximum absolute atomic E-state index is 12.4. The van der Waals surface area contributed by atoms with Crippen molar-refractivity contribution in [2.24, 2.45) is 0 Å². The molecule has 2 aromatic carbocycles. The first kappa shape index (κ1) is 16.9. The Hall–Kier alpha value is -2.57. The normalized spacial score (nSPS) is 12.7. The topological polar surface area (TPSA) is 60.5 Å². The highest BCUT2D eigenvalue weighted by atomic mass is 35.5. The lowest BCUT2D eigenvalue weighted by molar-refractivity contribution is 0.102. The van der Waals surface area contributed by atoms with Crippen LogP contribution in [0.5, 0.6) is 11.5 Å². The Kier molecular flexibility index (Phi) is 4.77. The Bertz CT molecular complexity index is 940. The van der Waals surface area contributed by atoms with E-state index < -0.39 is 0 Å². The lowest BCUT2D eigenvalue weighted by atomic mass is 10.1. The van der Waals surface area contributed by atoms with Gasteiger partial charge in [0.15, 0.2) is 16.6 Å².